The fraction of sp³-hybridized carbons (Fsp3) is 0.304. The van der Waals surface area contributed by atoms with Crippen LogP contribution in [0.1, 0.15) is 11.7 Å². The van der Waals surface area contributed by atoms with Crippen LogP contribution in [0.15, 0.2) is 58.2 Å². The molecule has 0 bridgehead atoms. The van der Waals surface area contributed by atoms with Crippen molar-refractivity contribution in [1.29, 1.82) is 0 Å². The summed E-state index contributed by atoms with van der Waals surface area (Å²) in [5.74, 6) is 1.77. The molecule has 1 fully saturated rings. The number of rotatable bonds is 7. The smallest absolute Gasteiger partial charge is 0.277 e. The second-order valence-electron chi connectivity index (χ2n) is 7.77. The van der Waals surface area contributed by atoms with E-state index in [2.05, 4.69) is 25.1 Å². The Balaban J connectivity index is 1.08. The first kappa shape index (κ1) is 21.8. The number of carbonyl (C=O) groups is 1. The van der Waals surface area contributed by atoms with Crippen LogP contribution in [0.5, 0.6) is 0 Å². The highest BCUT2D eigenvalue weighted by atomic mass is 35.5. The zero-order valence-corrected chi connectivity index (χ0v) is 19.5. The fourth-order valence-corrected chi connectivity index (χ4v) is 4.81. The van der Waals surface area contributed by atoms with Gasteiger partial charge in [0, 0.05) is 39.0 Å². The van der Waals surface area contributed by atoms with Crippen LogP contribution in [0.4, 0.5) is 5.69 Å². The zero-order chi connectivity index (χ0) is 22.6. The van der Waals surface area contributed by atoms with Crippen LogP contribution in [0.25, 0.3) is 11.0 Å². The van der Waals surface area contributed by atoms with Gasteiger partial charge in [-0.15, -0.1) is 10.2 Å². The number of thioether (sulfide) groups is 1. The van der Waals surface area contributed by atoms with Crippen molar-refractivity contribution >= 4 is 46.0 Å². The lowest BCUT2D eigenvalue weighted by atomic mass is 10.2. The Bertz CT molecular complexity index is 1220. The second-order valence-corrected chi connectivity index (χ2v) is 9.10. The number of piperazine rings is 1. The van der Waals surface area contributed by atoms with E-state index < -0.39 is 0 Å². The van der Waals surface area contributed by atoms with Gasteiger partial charge in [0.15, 0.2) is 0 Å². The van der Waals surface area contributed by atoms with Gasteiger partial charge in [-0.05, 0) is 24.3 Å². The van der Waals surface area contributed by atoms with Crippen LogP contribution in [0.2, 0.25) is 5.02 Å². The molecule has 10 heteroatoms. The van der Waals surface area contributed by atoms with Crippen LogP contribution < -0.4 is 4.90 Å². The lowest BCUT2D eigenvalue weighted by Crippen LogP contribution is -2.49. The Kier molecular flexibility index (Phi) is 6.50. The number of benzene rings is 2. The van der Waals surface area contributed by atoms with Crippen LogP contribution in [0.3, 0.4) is 0 Å². The molecule has 1 aliphatic rings. The first-order valence-corrected chi connectivity index (χ1v) is 12.2. The van der Waals surface area contributed by atoms with Gasteiger partial charge in [-0.25, -0.2) is 4.98 Å². The zero-order valence-electron chi connectivity index (χ0n) is 17.9. The van der Waals surface area contributed by atoms with Crippen molar-refractivity contribution in [1.82, 2.24) is 25.1 Å². The Morgan fingerprint density at radius 2 is 1.82 bits per heavy atom. The van der Waals surface area contributed by atoms with Crippen molar-refractivity contribution in [2.24, 2.45) is 0 Å². The quantitative estimate of drug-likeness (QED) is 0.400. The number of H-pyrrole nitrogens is 1. The maximum atomic E-state index is 12.6. The number of nitrogens with zero attached hydrogens (tertiary/aromatic N) is 5. The molecule has 1 N–H and O–H groups in total. The van der Waals surface area contributed by atoms with Crippen LogP contribution >= 0.6 is 23.4 Å². The molecule has 1 aliphatic heterocycles. The fourth-order valence-electron chi connectivity index (χ4n) is 3.87. The summed E-state index contributed by atoms with van der Waals surface area (Å²) in [6.45, 7) is 2.84. The number of halogens is 1. The maximum absolute atomic E-state index is 12.6. The van der Waals surface area contributed by atoms with Gasteiger partial charge in [0.05, 0.1) is 27.5 Å². The number of aryl methyl sites for hydroxylation is 2. The van der Waals surface area contributed by atoms with Crippen molar-refractivity contribution in [2.45, 2.75) is 18.1 Å². The SMILES string of the molecule is O=C(CSc1nnc(CCc2nc3ccccc3[nH]2)o1)N1CCN(c2ccccc2Cl)CC1. The summed E-state index contributed by atoms with van der Waals surface area (Å²) < 4.78 is 5.71. The van der Waals surface area contributed by atoms with E-state index in [1.807, 2.05) is 53.4 Å². The molecule has 0 saturated carbocycles. The molecule has 2 aromatic heterocycles. The molecule has 0 aliphatic carbocycles. The molecule has 0 radical (unpaired) electrons. The molecule has 3 heterocycles. The highest BCUT2D eigenvalue weighted by Crippen LogP contribution is 2.26. The summed E-state index contributed by atoms with van der Waals surface area (Å²) in [4.78, 5) is 24.6. The van der Waals surface area contributed by atoms with Crippen molar-refractivity contribution in [2.75, 3.05) is 36.8 Å². The van der Waals surface area contributed by atoms with E-state index in [0.29, 0.717) is 37.0 Å². The van der Waals surface area contributed by atoms with Gasteiger partial charge in [0.1, 0.15) is 5.82 Å². The van der Waals surface area contributed by atoms with E-state index in [9.17, 15) is 4.79 Å². The minimum absolute atomic E-state index is 0.0702. The Labute approximate surface area is 200 Å². The molecule has 8 nitrogen and oxygen atoms in total. The summed E-state index contributed by atoms with van der Waals surface area (Å²) in [5.41, 5.74) is 2.97. The number of amides is 1. The molecule has 33 heavy (non-hydrogen) atoms. The lowest BCUT2D eigenvalue weighted by Gasteiger charge is -2.36. The number of aromatic amines is 1. The molecule has 2 aromatic carbocycles. The first-order valence-electron chi connectivity index (χ1n) is 10.8. The number of aromatic nitrogens is 4. The summed E-state index contributed by atoms with van der Waals surface area (Å²) in [6.07, 6.45) is 1.26. The van der Waals surface area contributed by atoms with Gasteiger partial charge in [0.25, 0.3) is 5.22 Å². The number of anilines is 1. The van der Waals surface area contributed by atoms with Crippen molar-refractivity contribution in [3.63, 3.8) is 0 Å². The molecule has 5 rings (SSSR count). The Morgan fingerprint density at radius 3 is 2.64 bits per heavy atom. The number of nitrogens with one attached hydrogen (secondary N) is 1. The van der Waals surface area contributed by atoms with Gasteiger partial charge >= 0.3 is 0 Å². The van der Waals surface area contributed by atoms with E-state index in [1.54, 1.807) is 0 Å². The number of fused-ring (bicyclic) bond motifs is 1. The van der Waals surface area contributed by atoms with Crippen LogP contribution in [-0.4, -0.2) is 62.9 Å². The van der Waals surface area contributed by atoms with Gasteiger partial charge < -0.3 is 19.2 Å². The second kappa shape index (κ2) is 9.84. The normalized spacial score (nSPS) is 14.2. The number of imidazole rings is 1. The van der Waals surface area contributed by atoms with Crippen LogP contribution in [0, 0.1) is 0 Å². The van der Waals surface area contributed by atoms with Gasteiger partial charge in [-0.1, -0.05) is 47.6 Å². The highest BCUT2D eigenvalue weighted by molar-refractivity contribution is 7.99. The number of hydrogen-bond acceptors (Lipinski definition) is 7. The lowest BCUT2D eigenvalue weighted by molar-refractivity contribution is -0.128. The molecular formula is C23H23ClN6O2S. The van der Waals surface area contributed by atoms with Crippen molar-refractivity contribution < 1.29 is 9.21 Å². The first-order chi connectivity index (χ1) is 16.2. The van der Waals surface area contributed by atoms with E-state index in [0.717, 1.165) is 40.7 Å². The van der Waals surface area contributed by atoms with E-state index >= 15 is 0 Å². The van der Waals surface area contributed by atoms with Crippen LogP contribution in [-0.2, 0) is 17.6 Å². The summed E-state index contributed by atoms with van der Waals surface area (Å²) in [7, 11) is 0. The van der Waals surface area contributed by atoms with Crippen molar-refractivity contribution in [3.8, 4) is 0 Å². The van der Waals surface area contributed by atoms with Crippen molar-refractivity contribution in [3.05, 3.63) is 65.3 Å². The number of hydrogen-bond donors (Lipinski definition) is 1. The predicted molar refractivity (Wildman–Crippen MR) is 129 cm³/mol. The highest BCUT2D eigenvalue weighted by Gasteiger charge is 2.23. The molecule has 1 amide bonds. The molecule has 0 spiro atoms. The molecule has 4 aromatic rings. The van der Waals surface area contributed by atoms with E-state index in [1.165, 1.54) is 11.8 Å². The largest absolute Gasteiger partial charge is 0.416 e. The molecule has 0 atom stereocenters. The third-order valence-corrected chi connectivity index (χ3v) is 6.73. The standard InChI is InChI=1S/C23H23ClN6O2S/c24-16-5-1-4-8-19(16)29-11-13-30(14-12-29)22(31)15-33-23-28-27-21(32-23)10-9-20-25-17-6-2-3-7-18(17)26-20/h1-8H,9-15H2,(H,25,26). The minimum atomic E-state index is 0.0702. The summed E-state index contributed by atoms with van der Waals surface area (Å²) >= 11 is 7.58. The number of para-hydroxylation sites is 3. The maximum Gasteiger partial charge on any atom is 0.277 e. The Morgan fingerprint density at radius 1 is 1.03 bits per heavy atom. The Hall–Kier alpha value is -3.04. The third kappa shape index (κ3) is 5.15. The monoisotopic (exact) mass is 482 g/mol. The third-order valence-electron chi connectivity index (χ3n) is 5.61. The van der Waals surface area contributed by atoms with Gasteiger partial charge in [-0.2, -0.15) is 0 Å². The molecular weight excluding hydrogens is 460 g/mol. The van der Waals surface area contributed by atoms with Gasteiger partial charge in [0.2, 0.25) is 11.8 Å². The molecule has 0 unspecified atom stereocenters. The minimum Gasteiger partial charge on any atom is -0.416 e. The predicted octanol–water partition coefficient (Wildman–Crippen LogP) is 3.83. The average molecular weight is 483 g/mol. The summed E-state index contributed by atoms with van der Waals surface area (Å²) in [5, 5.41) is 9.33. The topological polar surface area (TPSA) is 91.1 Å². The molecule has 170 valence electrons. The van der Waals surface area contributed by atoms with E-state index in [4.69, 9.17) is 16.0 Å². The molecule has 1 saturated heterocycles. The van der Waals surface area contributed by atoms with E-state index in [-0.39, 0.29) is 11.7 Å². The summed E-state index contributed by atoms with van der Waals surface area (Å²) in [6, 6.07) is 15.7. The average Bonchev–Trinajstić information content (AvgIpc) is 3.48. The van der Waals surface area contributed by atoms with Gasteiger partial charge in [-0.3, -0.25) is 4.79 Å². The number of carbonyl (C=O) groups excluding carboxylic acids is 1.